The molecule has 1 saturated heterocycles. The van der Waals surface area contributed by atoms with E-state index in [1.54, 1.807) is 18.4 Å². The molecule has 15 heavy (non-hydrogen) atoms. The van der Waals surface area contributed by atoms with E-state index in [-0.39, 0.29) is 0 Å². The number of rotatable bonds is 4. The molecule has 0 amide bonds. The van der Waals surface area contributed by atoms with Crippen molar-refractivity contribution in [2.75, 3.05) is 32.5 Å². The zero-order chi connectivity index (χ0) is 11.5. The van der Waals surface area contributed by atoms with Crippen LogP contribution in [-0.4, -0.2) is 49.5 Å². The Bertz CT molecular complexity index is 290. The Kier molecular flexibility index (Phi) is 5.02. The first-order valence-corrected chi connectivity index (χ1v) is 7.74. The Morgan fingerprint density at radius 3 is 2.67 bits per heavy atom. The fraction of sp³-hybridized carbons (Fsp3) is 1.00. The van der Waals surface area contributed by atoms with E-state index in [1.165, 1.54) is 4.31 Å². The van der Waals surface area contributed by atoms with Crippen LogP contribution >= 0.6 is 15.9 Å². The summed E-state index contributed by atoms with van der Waals surface area (Å²) in [5, 5.41) is 0.952. The van der Waals surface area contributed by atoms with Crippen molar-refractivity contribution in [3.8, 4) is 0 Å². The van der Waals surface area contributed by atoms with E-state index in [0.717, 1.165) is 24.6 Å². The van der Waals surface area contributed by atoms with Crippen LogP contribution in [0.1, 0.15) is 19.3 Å². The summed E-state index contributed by atoms with van der Waals surface area (Å²) in [5.74, 6) is 0.507. The van der Waals surface area contributed by atoms with Crippen LogP contribution in [0.4, 0.5) is 0 Å². The van der Waals surface area contributed by atoms with Gasteiger partial charge in [0, 0.05) is 32.5 Å². The number of alkyl halides is 1. The number of nitrogens with zero attached hydrogens (tertiary/aromatic N) is 2. The summed E-state index contributed by atoms with van der Waals surface area (Å²) in [6.07, 6.45) is 3.18. The maximum absolute atomic E-state index is 11.9. The van der Waals surface area contributed by atoms with E-state index in [0.29, 0.717) is 19.0 Å². The van der Waals surface area contributed by atoms with Crippen LogP contribution in [-0.2, 0) is 10.2 Å². The molecule has 0 saturated carbocycles. The van der Waals surface area contributed by atoms with Crippen molar-refractivity contribution in [3.63, 3.8) is 0 Å². The van der Waals surface area contributed by atoms with E-state index < -0.39 is 10.2 Å². The van der Waals surface area contributed by atoms with Crippen molar-refractivity contribution in [1.82, 2.24) is 8.61 Å². The molecule has 0 aliphatic carbocycles. The Labute approximate surface area is 101 Å². The summed E-state index contributed by atoms with van der Waals surface area (Å²) in [6.45, 7) is 1.34. The van der Waals surface area contributed by atoms with Crippen molar-refractivity contribution in [2.24, 2.45) is 5.92 Å². The van der Waals surface area contributed by atoms with Crippen molar-refractivity contribution < 1.29 is 8.42 Å². The summed E-state index contributed by atoms with van der Waals surface area (Å²) in [7, 11) is -0.0263. The summed E-state index contributed by atoms with van der Waals surface area (Å²) >= 11 is 3.41. The van der Waals surface area contributed by atoms with Crippen LogP contribution in [0.5, 0.6) is 0 Å². The summed E-state index contributed by atoms with van der Waals surface area (Å²) < 4.78 is 26.6. The molecule has 0 bridgehead atoms. The van der Waals surface area contributed by atoms with Crippen molar-refractivity contribution in [2.45, 2.75) is 19.3 Å². The Hall–Kier alpha value is 0.350. The molecular formula is C9H19BrN2O2S. The molecule has 1 fully saturated rings. The summed E-state index contributed by atoms with van der Waals surface area (Å²) in [6, 6.07) is 0. The number of hydrogen-bond donors (Lipinski definition) is 0. The van der Waals surface area contributed by atoms with Gasteiger partial charge in [-0.25, -0.2) is 0 Å². The largest absolute Gasteiger partial charge is 0.281 e. The van der Waals surface area contributed by atoms with Gasteiger partial charge in [0.2, 0.25) is 0 Å². The molecule has 90 valence electrons. The molecule has 0 aromatic heterocycles. The second kappa shape index (κ2) is 5.61. The fourth-order valence-electron chi connectivity index (χ4n) is 1.86. The van der Waals surface area contributed by atoms with Gasteiger partial charge in [-0.05, 0) is 25.2 Å². The highest BCUT2D eigenvalue weighted by molar-refractivity contribution is 9.09. The first kappa shape index (κ1) is 13.4. The highest BCUT2D eigenvalue weighted by atomic mass is 79.9. The monoisotopic (exact) mass is 298 g/mol. The topological polar surface area (TPSA) is 40.6 Å². The van der Waals surface area contributed by atoms with Gasteiger partial charge in [-0.1, -0.05) is 15.9 Å². The maximum Gasteiger partial charge on any atom is 0.281 e. The molecule has 0 radical (unpaired) electrons. The van der Waals surface area contributed by atoms with E-state index in [1.807, 2.05) is 0 Å². The molecule has 0 spiro atoms. The normalized spacial score (nSPS) is 24.7. The second-order valence-electron chi connectivity index (χ2n) is 4.13. The van der Waals surface area contributed by atoms with Gasteiger partial charge in [0.1, 0.15) is 0 Å². The van der Waals surface area contributed by atoms with Gasteiger partial charge in [0.15, 0.2) is 0 Å². The zero-order valence-electron chi connectivity index (χ0n) is 9.32. The summed E-state index contributed by atoms with van der Waals surface area (Å²) in [4.78, 5) is 0. The predicted octanol–water partition coefficient (Wildman–Crippen LogP) is 1.29. The van der Waals surface area contributed by atoms with Crippen molar-refractivity contribution in [3.05, 3.63) is 0 Å². The molecule has 1 atom stereocenters. The molecule has 1 rings (SSSR count). The molecule has 1 unspecified atom stereocenters. The molecule has 4 nitrogen and oxygen atoms in total. The lowest BCUT2D eigenvalue weighted by molar-refractivity contribution is 0.252. The lowest BCUT2D eigenvalue weighted by Gasteiger charge is -2.33. The van der Waals surface area contributed by atoms with E-state index in [2.05, 4.69) is 15.9 Å². The van der Waals surface area contributed by atoms with Gasteiger partial charge in [0.05, 0.1) is 0 Å². The zero-order valence-corrected chi connectivity index (χ0v) is 11.7. The quantitative estimate of drug-likeness (QED) is 0.734. The molecule has 0 aromatic carbocycles. The first-order valence-electron chi connectivity index (χ1n) is 5.22. The lowest BCUT2D eigenvalue weighted by Crippen LogP contribution is -2.45. The van der Waals surface area contributed by atoms with Gasteiger partial charge in [-0.15, -0.1) is 0 Å². The smallest absolute Gasteiger partial charge is 0.195 e. The average molecular weight is 299 g/mol. The van der Waals surface area contributed by atoms with Crippen molar-refractivity contribution in [1.29, 1.82) is 0 Å². The number of halogens is 1. The third kappa shape index (κ3) is 3.41. The second-order valence-corrected chi connectivity index (χ2v) is 7.07. The van der Waals surface area contributed by atoms with Crippen LogP contribution < -0.4 is 0 Å². The molecule has 1 heterocycles. The van der Waals surface area contributed by atoms with Gasteiger partial charge in [-0.2, -0.15) is 17.0 Å². The Morgan fingerprint density at radius 2 is 2.13 bits per heavy atom. The van der Waals surface area contributed by atoms with E-state index in [4.69, 9.17) is 0 Å². The van der Waals surface area contributed by atoms with Gasteiger partial charge in [0.25, 0.3) is 10.2 Å². The highest BCUT2D eigenvalue weighted by Crippen LogP contribution is 2.22. The van der Waals surface area contributed by atoms with Crippen molar-refractivity contribution >= 4 is 26.1 Å². The fourth-order valence-corrected chi connectivity index (χ4v) is 3.73. The van der Waals surface area contributed by atoms with Crippen LogP contribution in [0.2, 0.25) is 0 Å². The lowest BCUT2D eigenvalue weighted by atomic mass is 9.97. The first-order chi connectivity index (χ1) is 6.98. The SMILES string of the molecule is CN(C)S(=O)(=O)N1CCCC(CCBr)C1. The standard InChI is InChI=1S/C9H19BrN2O2S/c1-11(2)15(13,14)12-7-3-4-9(8-12)5-6-10/h9H,3-8H2,1-2H3. The highest BCUT2D eigenvalue weighted by Gasteiger charge is 2.29. The van der Waals surface area contributed by atoms with Crippen LogP contribution in [0.3, 0.4) is 0 Å². The van der Waals surface area contributed by atoms with Crippen LogP contribution in [0.15, 0.2) is 0 Å². The van der Waals surface area contributed by atoms with Crippen LogP contribution in [0, 0.1) is 5.92 Å². The average Bonchev–Trinajstić information content (AvgIpc) is 2.18. The summed E-state index contributed by atoms with van der Waals surface area (Å²) in [5.41, 5.74) is 0. The molecule has 6 heteroatoms. The van der Waals surface area contributed by atoms with Gasteiger partial charge >= 0.3 is 0 Å². The third-order valence-electron chi connectivity index (χ3n) is 2.79. The molecular weight excluding hydrogens is 280 g/mol. The predicted molar refractivity (Wildman–Crippen MR) is 65.3 cm³/mol. The number of hydrogen-bond acceptors (Lipinski definition) is 2. The van der Waals surface area contributed by atoms with Gasteiger partial charge in [-0.3, -0.25) is 0 Å². The minimum Gasteiger partial charge on any atom is -0.195 e. The van der Waals surface area contributed by atoms with E-state index >= 15 is 0 Å². The van der Waals surface area contributed by atoms with E-state index in [9.17, 15) is 8.42 Å². The van der Waals surface area contributed by atoms with Crippen LogP contribution in [0.25, 0.3) is 0 Å². The Balaban J connectivity index is 2.64. The number of piperidine rings is 1. The molecule has 1 aliphatic rings. The Morgan fingerprint density at radius 1 is 1.47 bits per heavy atom. The third-order valence-corrected chi connectivity index (χ3v) is 5.15. The maximum atomic E-state index is 11.9. The molecule has 0 aromatic rings. The van der Waals surface area contributed by atoms with Gasteiger partial charge < -0.3 is 0 Å². The minimum atomic E-state index is -3.20. The molecule has 0 N–H and O–H groups in total. The minimum absolute atomic E-state index is 0.507. The molecule has 1 aliphatic heterocycles.